The van der Waals surface area contributed by atoms with Crippen LogP contribution in [0.15, 0.2) is 0 Å². The van der Waals surface area contributed by atoms with Crippen LogP contribution in [-0.4, -0.2) is 24.5 Å². The van der Waals surface area contributed by atoms with Gasteiger partial charge in [-0.1, -0.05) is 6.92 Å². The fraction of sp³-hybridized carbons (Fsp3) is 0.900. The second kappa shape index (κ2) is 3.66. The zero-order chi connectivity index (χ0) is 9.26. The van der Waals surface area contributed by atoms with Crippen molar-refractivity contribution < 1.29 is 4.79 Å². The van der Waals surface area contributed by atoms with Gasteiger partial charge in [0.1, 0.15) is 0 Å². The van der Waals surface area contributed by atoms with Crippen LogP contribution in [0.25, 0.3) is 0 Å². The van der Waals surface area contributed by atoms with Crippen LogP contribution in [0.5, 0.6) is 0 Å². The third-order valence-electron chi connectivity index (χ3n) is 3.06. The molecule has 0 aromatic carbocycles. The molecule has 1 saturated carbocycles. The Morgan fingerprint density at radius 2 is 2.23 bits per heavy atom. The van der Waals surface area contributed by atoms with Gasteiger partial charge in [0.05, 0.1) is 6.04 Å². The Labute approximate surface area is 79.3 Å². The SMILES string of the molecule is CC1CC1NC1CCCCNC1=O. The van der Waals surface area contributed by atoms with Crippen LogP contribution in [0.3, 0.4) is 0 Å². The lowest BCUT2D eigenvalue weighted by molar-refractivity contribution is -0.122. The normalized spacial score (nSPS) is 39.5. The molecule has 0 aromatic rings. The van der Waals surface area contributed by atoms with Crippen LogP contribution in [-0.2, 0) is 4.79 Å². The number of amides is 1. The average Bonchev–Trinajstić information content (AvgIpc) is 2.81. The summed E-state index contributed by atoms with van der Waals surface area (Å²) < 4.78 is 0. The maximum absolute atomic E-state index is 11.5. The van der Waals surface area contributed by atoms with Crippen molar-refractivity contribution in [1.29, 1.82) is 0 Å². The molecule has 2 rings (SSSR count). The summed E-state index contributed by atoms with van der Waals surface area (Å²) in [6.45, 7) is 3.09. The van der Waals surface area contributed by atoms with E-state index in [9.17, 15) is 4.79 Å². The van der Waals surface area contributed by atoms with Gasteiger partial charge >= 0.3 is 0 Å². The van der Waals surface area contributed by atoms with Gasteiger partial charge in [0.2, 0.25) is 5.91 Å². The molecule has 3 atom stereocenters. The topological polar surface area (TPSA) is 41.1 Å². The molecule has 1 saturated heterocycles. The minimum absolute atomic E-state index is 0.0810. The highest BCUT2D eigenvalue weighted by Crippen LogP contribution is 2.30. The Bertz CT molecular complexity index is 205. The van der Waals surface area contributed by atoms with E-state index < -0.39 is 0 Å². The Kier molecular flexibility index (Phi) is 2.54. The summed E-state index contributed by atoms with van der Waals surface area (Å²) in [7, 11) is 0. The van der Waals surface area contributed by atoms with Gasteiger partial charge in [-0.05, 0) is 31.6 Å². The summed E-state index contributed by atoms with van der Waals surface area (Å²) >= 11 is 0. The van der Waals surface area contributed by atoms with Crippen molar-refractivity contribution >= 4 is 5.91 Å². The molecule has 0 spiro atoms. The standard InChI is InChI=1S/C10H18N2O/c1-7-6-9(7)12-8-4-2-3-5-11-10(8)13/h7-9,12H,2-6H2,1H3,(H,11,13). The molecule has 2 N–H and O–H groups in total. The molecule has 2 aliphatic rings. The molecule has 1 aliphatic heterocycles. The molecule has 74 valence electrons. The lowest BCUT2D eigenvalue weighted by atomic mass is 10.1. The lowest BCUT2D eigenvalue weighted by Gasteiger charge is -2.14. The first-order valence-electron chi connectivity index (χ1n) is 5.31. The van der Waals surface area contributed by atoms with Crippen LogP contribution in [0.4, 0.5) is 0 Å². The van der Waals surface area contributed by atoms with Gasteiger partial charge < -0.3 is 10.6 Å². The first-order chi connectivity index (χ1) is 6.27. The number of hydrogen-bond donors (Lipinski definition) is 2. The monoisotopic (exact) mass is 182 g/mol. The zero-order valence-corrected chi connectivity index (χ0v) is 8.18. The van der Waals surface area contributed by atoms with E-state index in [1.54, 1.807) is 0 Å². The van der Waals surface area contributed by atoms with E-state index in [1.165, 1.54) is 6.42 Å². The minimum atomic E-state index is 0.0810. The van der Waals surface area contributed by atoms with Gasteiger partial charge in [-0.25, -0.2) is 0 Å². The van der Waals surface area contributed by atoms with Crippen molar-refractivity contribution in [3.8, 4) is 0 Å². The van der Waals surface area contributed by atoms with Gasteiger partial charge in [-0.15, -0.1) is 0 Å². The highest BCUT2D eigenvalue weighted by molar-refractivity contribution is 5.82. The van der Waals surface area contributed by atoms with Crippen molar-refractivity contribution in [2.75, 3.05) is 6.54 Å². The third kappa shape index (κ3) is 2.21. The second-order valence-electron chi connectivity index (χ2n) is 4.33. The smallest absolute Gasteiger partial charge is 0.237 e. The average molecular weight is 182 g/mol. The Hall–Kier alpha value is -0.570. The fourth-order valence-corrected chi connectivity index (χ4v) is 1.91. The summed E-state index contributed by atoms with van der Waals surface area (Å²) in [4.78, 5) is 11.5. The second-order valence-corrected chi connectivity index (χ2v) is 4.33. The zero-order valence-electron chi connectivity index (χ0n) is 8.18. The first kappa shape index (κ1) is 9.00. The lowest BCUT2D eigenvalue weighted by Crippen LogP contribution is -2.44. The summed E-state index contributed by atoms with van der Waals surface area (Å²) in [6.07, 6.45) is 4.54. The van der Waals surface area contributed by atoms with Crippen LogP contribution in [0.2, 0.25) is 0 Å². The van der Waals surface area contributed by atoms with Gasteiger partial charge in [0.25, 0.3) is 0 Å². The predicted molar refractivity (Wildman–Crippen MR) is 51.4 cm³/mol. The molecular weight excluding hydrogens is 164 g/mol. The third-order valence-corrected chi connectivity index (χ3v) is 3.06. The number of hydrogen-bond acceptors (Lipinski definition) is 2. The van der Waals surface area contributed by atoms with E-state index in [0.717, 1.165) is 31.7 Å². The summed E-state index contributed by atoms with van der Waals surface area (Å²) in [6, 6.07) is 0.686. The Balaban J connectivity index is 1.84. The number of carbonyl (C=O) groups is 1. The molecule has 13 heavy (non-hydrogen) atoms. The molecule has 0 aromatic heterocycles. The summed E-state index contributed by atoms with van der Waals surface area (Å²) in [5.74, 6) is 0.979. The number of nitrogens with one attached hydrogen (secondary N) is 2. The van der Waals surface area contributed by atoms with E-state index in [2.05, 4.69) is 17.6 Å². The quantitative estimate of drug-likeness (QED) is 0.658. The molecule has 2 fully saturated rings. The fourth-order valence-electron chi connectivity index (χ4n) is 1.91. The molecule has 3 unspecified atom stereocenters. The minimum Gasteiger partial charge on any atom is -0.355 e. The Morgan fingerprint density at radius 1 is 1.46 bits per heavy atom. The van der Waals surface area contributed by atoms with Crippen molar-refractivity contribution in [1.82, 2.24) is 10.6 Å². The number of rotatable bonds is 2. The first-order valence-corrected chi connectivity index (χ1v) is 5.31. The van der Waals surface area contributed by atoms with E-state index in [-0.39, 0.29) is 11.9 Å². The van der Waals surface area contributed by atoms with Crippen molar-refractivity contribution in [3.63, 3.8) is 0 Å². The molecule has 1 aliphatic carbocycles. The highest BCUT2D eigenvalue weighted by Gasteiger charge is 2.35. The van der Waals surface area contributed by atoms with Crippen LogP contribution >= 0.6 is 0 Å². The van der Waals surface area contributed by atoms with Gasteiger partial charge in [-0.2, -0.15) is 0 Å². The van der Waals surface area contributed by atoms with E-state index in [1.807, 2.05) is 0 Å². The molecule has 3 nitrogen and oxygen atoms in total. The van der Waals surface area contributed by atoms with E-state index in [4.69, 9.17) is 0 Å². The van der Waals surface area contributed by atoms with Gasteiger partial charge in [0, 0.05) is 12.6 Å². The molecule has 1 amide bonds. The van der Waals surface area contributed by atoms with Crippen LogP contribution in [0, 0.1) is 5.92 Å². The Morgan fingerprint density at radius 3 is 2.92 bits per heavy atom. The maximum Gasteiger partial charge on any atom is 0.237 e. The molecular formula is C10H18N2O. The van der Waals surface area contributed by atoms with E-state index in [0.29, 0.717) is 6.04 Å². The van der Waals surface area contributed by atoms with Crippen LogP contribution < -0.4 is 10.6 Å². The van der Waals surface area contributed by atoms with Gasteiger partial charge in [-0.3, -0.25) is 4.79 Å². The van der Waals surface area contributed by atoms with Crippen molar-refractivity contribution in [3.05, 3.63) is 0 Å². The largest absolute Gasteiger partial charge is 0.355 e. The summed E-state index contributed by atoms with van der Waals surface area (Å²) in [5.41, 5.74) is 0. The number of carbonyl (C=O) groups excluding carboxylic acids is 1. The van der Waals surface area contributed by atoms with Crippen LogP contribution in [0.1, 0.15) is 32.6 Å². The maximum atomic E-state index is 11.5. The van der Waals surface area contributed by atoms with Crippen molar-refractivity contribution in [2.45, 2.75) is 44.7 Å². The molecule has 0 bridgehead atoms. The summed E-state index contributed by atoms with van der Waals surface area (Å²) in [5, 5.41) is 6.36. The van der Waals surface area contributed by atoms with Crippen molar-refractivity contribution in [2.24, 2.45) is 5.92 Å². The molecule has 1 heterocycles. The molecule has 3 heteroatoms. The molecule has 0 radical (unpaired) electrons. The predicted octanol–water partition coefficient (Wildman–Crippen LogP) is 0.653. The van der Waals surface area contributed by atoms with Gasteiger partial charge in [0.15, 0.2) is 0 Å². The highest BCUT2D eigenvalue weighted by atomic mass is 16.2. The van der Waals surface area contributed by atoms with E-state index >= 15 is 0 Å².